The highest BCUT2D eigenvalue weighted by Gasteiger charge is 2.48. The van der Waals surface area contributed by atoms with Gasteiger partial charge < -0.3 is 0 Å². The molecule has 1 aromatic carbocycles. The molecule has 2 heterocycles. The molecular formula is C16H23FN2O2S. The summed E-state index contributed by atoms with van der Waals surface area (Å²) in [5, 5.41) is 0. The van der Waals surface area contributed by atoms with E-state index in [1.807, 2.05) is 18.2 Å². The van der Waals surface area contributed by atoms with Crippen molar-refractivity contribution in [3.8, 4) is 0 Å². The van der Waals surface area contributed by atoms with Crippen LogP contribution in [-0.4, -0.2) is 56.7 Å². The third kappa shape index (κ3) is 2.92. The van der Waals surface area contributed by atoms with Crippen molar-refractivity contribution in [2.24, 2.45) is 11.8 Å². The molecule has 0 aliphatic carbocycles. The zero-order chi connectivity index (χ0) is 15.7. The standard InChI is InChI=1S/C16H23FN2O2S/c1-18-10-14-11-19(22(20,21)9-5-8-17)12-15(14)16(18)13-6-3-2-4-7-13/h2-4,6-7,14-16H,5,8-12H2,1H3/t14-,15+,16-/m1/s1. The number of alkyl halides is 1. The molecule has 0 spiro atoms. The molecule has 2 aliphatic heterocycles. The zero-order valence-corrected chi connectivity index (χ0v) is 13.7. The van der Waals surface area contributed by atoms with Crippen molar-refractivity contribution < 1.29 is 12.8 Å². The van der Waals surface area contributed by atoms with Crippen LogP contribution in [0.4, 0.5) is 4.39 Å². The molecule has 2 aliphatic rings. The SMILES string of the molecule is CN1C[C@@H]2CN(S(=O)(=O)CCCF)C[C@@H]2[C@H]1c1ccccc1. The number of sulfonamides is 1. The number of fused-ring (bicyclic) bond motifs is 1. The monoisotopic (exact) mass is 326 g/mol. The zero-order valence-electron chi connectivity index (χ0n) is 12.9. The first kappa shape index (κ1) is 15.9. The van der Waals surface area contributed by atoms with Crippen molar-refractivity contribution in [1.29, 1.82) is 0 Å². The van der Waals surface area contributed by atoms with Crippen LogP contribution in [0.3, 0.4) is 0 Å². The molecule has 3 rings (SSSR count). The second-order valence-electron chi connectivity index (χ2n) is 6.39. The summed E-state index contributed by atoms with van der Waals surface area (Å²) in [4.78, 5) is 2.33. The van der Waals surface area contributed by atoms with E-state index in [9.17, 15) is 12.8 Å². The summed E-state index contributed by atoms with van der Waals surface area (Å²) in [5.74, 6) is 0.623. The van der Waals surface area contributed by atoms with Gasteiger partial charge >= 0.3 is 0 Å². The summed E-state index contributed by atoms with van der Waals surface area (Å²) in [6.07, 6.45) is 0.0934. The first-order valence-electron chi connectivity index (χ1n) is 7.82. The van der Waals surface area contributed by atoms with Crippen LogP contribution in [0.5, 0.6) is 0 Å². The van der Waals surface area contributed by atoms with Crippen molar-refractivity contribution in [3.63, 3.8) is 0 Å². The van der Waals surface area contributed by atoms with Crippen LogP contribution in [0.2, 0.25) is 0 Å². The van der Waals surface area contributed by atoms with E-state index in [1.165, 1.54) is 5.56 Å². The van der Waals surface area contributed by atoms with Gasteiger partial charge in [-0.25, -0.2) is 12.7 Å². The van der Waals surface area contributed by atoms with Crippen LogP contribution in [0.15, 0.2) is 30.3 Å². The third-order valence-corrected chi connectivity index (χ3v) is 6.82. The van der Waals surface area contributed by atoms with Gasteiger partial charge in [0.05, 0.1) is 12.4 Å². The lowest BCUT2D eigenvalue weighted by molar-refractivity contribution is 0.261. The molecular weight excluding hydrogens is 303 g/mol. The molecule has 0 N–H and O–H groups in total. The first-order chi connectivity index (χ1) is 10.5. The summed E-state index contributed by atoms with van der Waals surface area (Å²) in [6.45, 7) is 1.48. The van der Waals surface area contributed by atoms with Crippen LogP contribution < -0.4 is 0 Å². The van der Waals surface area contributed by atoms with Crippen molar-refractivity contribution in [2.75, 3.05) is 39.1 Å². The van der Waals surface area contributed by atoms with Crippen molar-refractivity contribution in [1.82, 2.24) is 9.21 Å². The highest BCUT2D eigenvalue weighted by Crippen LogP contribution is 2.44. The molecule has 1 aromatic rings. The largest absolute Gasteiger partial charge is 0.299 e. The Labute approximate surface area is 132 Å². The van der Waals surface area contributed by atoms with E-state index in [0.717, 1.165) is 6.54 Å². The highest BCUT2D eigenvalue weighted by molar-refractivity contribution is 7.89. The van der Waals surface area contributed by atoms with E-state index in [4.69, 9.17) is 0 Å². The van der Waals surface area contributed by atoms with E-state index < -0.39 is 16.7 Å². The number of rotatable bonds is 5. The summed E-state index contributed by atoms with van der Waals surface area (Å²) in [7, 11) is -1.20. The van der Waals surface area contributed by atoms with Gasteiger partial charge in [0.1, 0.15) is 0 Å². The van der Waals surface area contributed by atoms with E-state index in [0.29, 0.717) is 24.9 Å². The summed E-state index contributed by atoms with van der Waals surface area (Å²) in [5.41, 5.74) is 1.25. The van der Waals surface area contributed by atoms with Crippen LogP contribution in [0.1, 0.15) is 18.0 Å². The van der Waals surface area contributed by atoms with Gasteiger partial charge in [-0.05, 0) is 30.9 Å². The molecule has 0 bridgehead atoms. The number of benzene rings is 1. The molecule has 0 saturated carbocycles. The number of hydrogen-bond acceptors (Lipinski definition) is 3. The molecule has 0 aromatic heterocycles. The van der Waals surface area contributed by atoms with Gasteiger partial charge in [0.25, 0.3) is 0 Å². The fourth-order valence-electron chi connectivity index (χ4n) is 3.96. The fraction of sp³-hybridized carbons (Fsp3) is 0.625. The molecule has 3 atom stereocenters. The van der Waals surface area contributed by atoms with Crippen molar-refractivity contribution in [3.05, 3.63) is 35.9 Å². The van der Waals surface area contributed by atoms with Gasteiger partial charge in [-0.1, -0.05) is 30.3 Å². The number of halogens is 1. The molecule has 4 nitrogen and oxygen atoms in total. The molecule has 22 heavy (non-hydrogen) atoms. The lowest BCUT2D eigenvalue weighted by atomic mass is 9.90. The number of likely N-dealkylation sites (tertiary alicyclic amines) is 1. The van der Waals surface area contributed by atoms with E-state index in [-0.39, 0.29) is 18.2 Å². The Balaban J connectivity index is 1.77. The van der Waals surface area contributed by atoms with E-state index in [1.54, 1.807) is 4.31 Å². The van der Waals surface area contributed by atoms with E-state index in [2.05, 4.69) is 24.1 Å². The maximum absolute atomic E-state index is 12.3. The maximum atomic E-state index is 12.3. The van der Waals surface area contributed by atoms with Gasteiger partial charge in [0, 0.05) is 25.7 Å². The Bertz CT molecular complexity index is 608. The quantitative estimate of drug-likeness (QED) is 0.830. The Morgan fingerprint density at radius 1 is 1.18 bits per heavy atom. The van der Waals surface area contributed by atoms with Crippen LogP contribution in [-0.2, 0) is 10.0 Å². The van der Waals surface area contributed by atoms with Crippen LogP contribution >= 0.6 is 0 Å². The number of nitrogens with zero attached hydrogens (tertiary/aromatic N) is 2. The summed E-state index contributed by atoms with van der Waals surface area (Å²) >= 11 is 0. The molecule has 2 fully saturated rings. The number of hydrogen-bond donors (Lipinski definition) is 0. The topological polar surface area (TPSA) is 40.6 Å². The Kier molecular flexibility index (Phi) is 4.52. The Hall–Kier alpha value is -0.980. The van der Waals surface area contributed by atoms with Crippen molar-refractivity contribution >= 4 is 10.0 Å². The van der Waals surface area contributed by atoms with Crippen LogP contribution in [0, 0.1) is 11.8 Å². The van der Waals surface area contributed by atoms with E-state index >= 15 is 0 Å². The molecule has 122 valence electrons. The third-order valence-electron chi connectivity index (χ3n) is 4.93. The molecule has 2 saturated heterocycles. The smallest absolute Gasteiger partial charge is 0.214 e. The second-order valence-corrected chi connectivity index (χ2v) is 8.48. The van der Waals surface area contributed by atoms with Gasteiger partial charge in [-0.15, -0.1) is 0 Å². The molecule has 6 heteroatoms. The lowest BCUT2D eigenvalue weighted by Gasteiger charge is -2.26. The normalized spacial score (nSPS) is 29.8. The van der Waals surface area contributed by atoms with Crippen molar-refractivity contribution in [2.45, 2.75) is 12.5 Å². The summed E-state index contributed by atoms with van der Waals surface area (Å²) in [6, 6.07) is 10.6. The van der Waals surface area contributed by atoms with Gasteiger partial charge in [-0.2, -0.15) is 0 Å². The van der Waals surface area contributed by atoms with Gasteiger partial charge in [0.15, 0.2) is 0 Å². The van der Waals surface area contributed by atoms with Gasteiger partial charge in [-0.3, -0.25) is 9.29 Å². The van der Waals surface area contributed by atoms with Crippen LogP contribution in [0.25, 0.3) is 0 Å². The second kappa shape index (κ2) is 6.26. The predicted octanol–water partition coefficient (Wildman–Crippen LogP) is 1.91. The minimum atomic E-state index is -3.31. The minimum absolute atomic E-state index is 0.0746. The Morgan fingerprint density at radius 2 is 1.91 bits per heavy atom. The average molecular weight is 326 g/mol. The minimum Gasteiger partial charge on any atom is -0.299 e. The first-order valence-corrected chi connectivity index (χ1v) is 9.43. The molecule has 0 amide bonds. The maximum Gasteiger partial charge on any atom is 0.214 e. The lowest BCUT2D eigenvalue weighted by Crippen LogP contribution is -2.35. The molecule has 0 unspecified atom stereocenters. The average Bonchev–Trinajstić information content (AvgIpc) is 3.03. The van der Waals surface area contributed by atoms with Gasteiger partial charge in [0.2, 0.25) is 10.0 Å². The fourth-order valence-corrected chi connectivity index (χ4v) is 5.51. The predicted molar refractivity (Wildman–Crippen MR) is 84.7 cm³/mol. The Morgan fingerprint density at radius 3 is 2.59 bits per heavy atom. The highest BCUT2D eigenvalue weighted by atomic mass is 32.2. The summed E-state index contributed by atoms with van der Waals surface area (Å²) < 4.78 is 38.5. The molecule has 0 radical (unpaired) electrons.